The smallest absolute Gasteiger partial charge is 0.185 e. The first-order valence-electron chi connectivity index (χ1n) is 6.50. The predicted octanol–water partition coefficient (Wildman–Crippen LogP) is 2.01. The number of rotatable bonds is 9. The molecule has 0 saturated heterocycles. The van der Waals surface area contributed by atoms with E-state index in [0.717, 1.165) is 37.8 Å². The lowest BCUT2D eigenvalue weighted by Crippen LogP contribution is -2.30. The molecule has 0 aliphatic heterocycles. The van der Waals surface area contributed by atoms with E-state index >= 15 is 0 Å². The van der Waals surface area contributed by atoms with Crippen LogP contribution in [-0.2, 0) is 11.2 Å². The van der Waals surface area contributed by atoms with E-state index in [-0.39, 0.29) is 0 Å². The minimum Gasteiger partial charge on any atom is -0.383 e. The molecule has 1 N–H and O–H groups in total. The van der Waals surface area contributed by atoms with Gasteiger partial charge >= 0.3 is 0 Å². The number of nitrogens with one attached hydrogen (secondary N) is 1. The molecule has 0 radical (unpaired) electrons. The molecule has 4 nitrogen and oxygen atoms in total. The number of aromatic nitrogens is 1. The summed E-state index contributed by atoms with van der Waals surface area (Å²) in [5, 5.41) is 6.43. The second-order valence-electron chi connectivity index (χ2n) is 4.81. The third-order valence-corrected chi connectivity index (χ3v) is 3.54. The summed E-state index contributed by atoms with van der Waals surface area (Å²) in [4.78, 5) is 7.02. The fourth-order valence-electron chi connectivity index (χ4n) is 1.72. The zero-order valence-corrected chi connectivity index (χ0v) is 12.7. The number of hydrogen-bond donors (Lipinski definition) is 1. The van der Waals surface area contributed by atoms with Crippen molar-refractivity contribution < 1.29 is 4.74 Å². The van der Waals surface area contributed by atoms with E-state index in [1.165, 1.54) is 5.69 Å². The van der Waals surface area contributed by atoms with Crippen LogP contribution in [0.25, 0.3) is 0 Å². The van der Waals surface area contributed by atoms with Gasteiger partial charge in [-0.2, -0.15) is 0 Å². The van der Waals surface area contributed by atoms with Gasteiger partial charge in [-0.25, -0.2) is 4.98 Å². The minimum absolute atomic E-state index is 0.631. The molecule has 0 aliphatic rings. The fourth-order valence-corrected chi connectivity index (χ4v) is 2.61. The third-order valence-electron chi connectivity index (χ3n) is 2.59. The Morgan fingerprint density at radius 2 is 2.28 bits per heavy atom. The number of likely N-dealkylation sites (N-methyl/N-ethyl adjacent to an activating group) is 1. The van der Waals surface area contributed by atoms with Crippen molar-refractivity contribution in [2.45, 2.75) is 20.3 Å². The molecule has 1 rings (SSSR count). The summed E-state index contributed by atoms with van der Waals surface area (Å²) in [5.74, 6) is 0.631. The number of ether oxygens (including phenoxy) is 1. The van der Waals surface area contributed by atoms with Gasteiger partial charge in [0, 0.05) is 38.5 Å². The molecular weight excluding hydrogens is 246 g/mol. The highest BCUT2D eigenvalue weighted by Crippen LogP contribution is 2.21. The van der Waals surface area contributed by atoms with Crippen molar-refractivity contribution in [2.24, 2.45) is 5.92 Å². The molecule has 1 aromatic heterocycles. The van der Waals surface area contributed by atoms with E-state index in [9.17, 15) is 0 Å². The average Bonchev–Trinajstić information content (AvgIpc) is 2.80. The van der Waals surface area contributed by atoms with E-state index in [4.69, 9.17) is 9.72 Å². The number of thiazole rings is 1. The van der Waals surface area contributed by atoms with Crippen molar-refractivity contribution in [3.8, 4) is 0 Å². The molecule has 0 fully saturated rings. The van der Waals surface area contributed by atoms with Crippen molar-refractivity contribution in [2.75, 3.05) is 45.3 Å². The normalized spacial score (nSPS) is 11.2. The molecule has 0 atom stereocenters. The summed E-state index contributed by atoms with van der Waals surface area (Å²) in [6, 6.07) is 0. The highest BCUT2D eigenvalue weighted by molar-refractivity contribution is 7.13. The Labute approximate surface area is 114 Å². The molecule has 18 heavy (non-hydrogen) atoms. The van der Waals surface area contributed by atoms with Gasteiger partial charge in [0.15, 0.2) is 5.13 Å². The highest BCUT2D eigenvalue weighted by atomic mass is 32.1. The summed E-state index contributed by atoms with van der Waals surface area (Å²) < 4.78 is 5.17. The number of nitrogens with zero attached hydrogens (tertiary/aromatic N) is 2. The molecule has 0 bridgehead atoms. The molecule has 0 amide bonds. The average molecular weight is 271 g/mol. The van der Waals surface area contributed by atoms with Crippen molar-refractivity contribution in [1.82, 2.24) is 10.3 Å². The van der Waals surface area contributed by atoms with Gasteiger partial charge in [0.25, 0.3) is 0 Å². The fraction of sp³-hybridized carbons (Fsp3) is 0.769. The third kappa shape index (κ3) is 5.33. The van der Waals surface area contributed by atoms with Crippen LogP contribution in [0.3, 0.4) is 0 Å². The lowest BCUT2D eigenvalue weighted by molar-refractivity contribution is 0.204. The molecule has 0 spiro atoms. The number of anilines is 1. The Morgan fingerprint density at radius 3 is 2.89 bits per heavy atom. The van der Waals surface area contributed by atoms with E-state index < -0.39 is 0 Å². The molecule has 0 saturated carbocycles. The van der Waals surface area contributed by atoms with Gasteiger partial charge < -0.3 is 15.0 Å². The van der Waals surface area contributed by atoms with Crippen LogP contribution in [-0.4, -0.2) is 45.4 Å². The zero-order chi connectivity index (χ0) is 13.4. The topological polar surface area (TPSA) is 37.4 Å². The second kappa shape index (κ2) is 8.45. The molecule has 1 heterocycles. The Hall–Kier alpha value is -0.650. The minimum atomic E-state index is 0.631. The molecule has 0 unspecified atom stereocenters. The maximum absolute atomic E-state index is 5.17. The summed E-state index contributed by atoms with van der Waals surface area (Å²) in [6.07, 6.45) is 0.993. The standard InChI is InChI=1S/C13H25N3OS/c1-11(2)9-16(7-8-17-4)13-15-12(10-18-13)5-6-14-3/h10-11,14H,5-9H2,1-4H3. The largest absolute Gasteiger partial charge is 0.383 e. The summed E-state index contributed by atoms with van der Waals surface area (Å²) in [6.45, 7) is 8.13. The molecule has 0 aromatic carbocycles. The van der Waals surface area contributed by atoms with Crippen LogP contribution in [0.1, 0.15) is 19.5 Å². The molecule has 1 aromatic rings. The van der Waals surface area contributed by atoms with Crippen molar-refractivity contribution in [3.05, 3.63) is 11.1 Å². The summed E-state index contributed by atoms with van der Waals surface area (Å²) in [7, 11) is 3.71. The van der Waals surface area contributed by atoms with Crippen LogP contribution in [0, 0.1) is 5.92 Å². The second-order valence-corrected chi connectivity index (χ2v) is 5.64. The van der Waals surface area contributed by atoms with Gasteiger partial charge in [-0.1, -0.05) is 13.8 Å². The van der Waals surface area contributed by atoms with Crippen LogP contribution >= 0.6 is 11.3 Å². The first-order valence-corrected chi connectivity index (χ1v) is 7.38. The zero-order valence-electron chi connectivity index (χ0n) is 11.9. The van der Waals surface area contributed by atoms with Crippen LogP contribution in [0.15, 0.2) is 5.38 Å². The molecule has 104 valence electrons. The van der Waals surface area contributed by atoms with E-state index in [1.54, 1.807) is 18.4 Å². The molecular formula is C13H25N3OS. The Bertz CT molecular complexity index is 328. The first kappa shape index (κ1) is 15.4. The lowest BCUT2D eigenvalue weighted by Gasteiger charge is -2.23. The van der Waals surface area contributed by atoms with E-state index in [0.29, 0.717) is 5.92 Å². The monoisotopic (exact) mass is 271 g/mol. The Balaban J connectivity index is 2.62. The summed E-state index contributed by atoms with van der Waals surface area (Å²) >= 11 is 1.73. The van der Waals surface area contributed by atoms with Gasteiger partial charge in [0.1, 0.15) is 0 Å². The van der Waals surface area contributed by atoms with Gasteiger partial charge in [0.05, 0.1) is 12.3 Å². The van der Waals surface area contributed by atoms with E-state index in [1.807, 2.05) is 7.05 Å². The van der Waals surface area contributed by atoms with Crippen LogP contribution in [0.2, 0.25) is 0 Å². The van der Waals surface area contributed by atoms with Crippen molar-refractivity contribution in [1.29, 1.82) is 0 Å². The maximum Gasteiger partial charge on any atom is 0.185 e. The maximum atomic E-state index is 5.17. The SMILES string of the molecule is CNCCc1csc(N(CCOC)CC(C)C)n1. The molecule has 0 aliphatic carbocycles. The predicted molar refractivity (Wildman–Crippen MR) is 78.7 cm³/mol. The van der Waals surface area contributed by atoms with Crippen molar-refractivity contribution in [3.63, 3.8) is 0 Å². The van der Waals surface area contributed by atoms with Crippen molar-refractivity contribution >= 4 is 16.5 Å². The van der Waals surface area contributed by atoms with Gasteiger partial charge in [-0.15, -0.1) is 11.3 Å². The van der Waals surface area contributed by atoms with Gasteiger partial charge in [-0.3, -0.25) is 0 Å². The van der Waals surface area contributed by atoms with Gasteiger partial charge in [-0.05, 0) is 13.0 Å². The Kier molecular flexibility index (Phi) is 7.23. The van der Waals surface area contributed by atoms with Crippen LogP contribution in [0.5, 0.6) is 0 Å². The highest BCUT2D eigenvalue weighted by Gasteiger charge is 2.12. The Morgan fingerprint density at radius 1 is 1.50 bits per heavy atom. The van der Waals surface area contributed by atoms with Gasteiger partial charge in [0.2, 0.25) is 0 Å². The number of hydrogen-bond acceptors (Lipinski definition) is 5. The quantitative estimate of drug-likeness (QED) is 0.745. The molecule has 5 heteroatoms. The van der Waals surface area contributed by atoms with Crippen LogP contribution < -0.4 is 10.2 Å². The number of methoxy groups -OCH3 is 1. The van der Waals surface area contributed by atoms with E-state index in [2.05, 4.69) is 29.4 Å². The first-order chi connectivity index (χ1) is 8.67. The lowest BCUT2D eigenvalue weighted by atomic mass is 10.2. The summed E-state index contributed by atoms with van der Waals surface area (Å²) in [5.41, 5.74) is 1.18. The van der Waals surface area contributed by atoms with Crippen LogP contribution in [0.4, 0.5) is 5.13 Å².